The van der Waals surface area contributed by atoms with Gasteiger partial charge in [-0.05, 0) is 26.3 Å². The first-order valence-corrected chi connectivity index (χ1v) is 6.24. The third kappa shape index (κ3) is 4.68. The van der Waals surface area contributed by atoms with E-state index < -0.39 is 0 Å². The second-order valence-corrected chi connectivity index (χ2v) is 5.08. The largest absolute Gasteiger partial charge is 0.388 e. The molecule has 0 amide bonds. The summed E-state index contributed by atoms with van der Waals surface area (Å²) in [5.74, 6) is 0. The summed E-state index contributed by atoms with van der Waals surface area (Å²) in [6.07, 6.45) is 2.50. The Hall–Kier alpha value is -1.04. The topological polar surface area (TPSA) is 57.4 Å². The van der Waals surface area contributed by atoms with Gasteiger partial charge in [0.15, 0.2) is 0 Å². The fourth-order valence-corrected chi connectivity index (χ4v) is 1.56. The first-order chi connectivity index (χ1) is 8.46. The number of aromatic nitrogens is 1. The predicted octanol–water partition coefficient (Wildman–Crippen LogP) is 2.05. The smallest absolute Gasteiger partial charge is 0.123 e. The van der Waals surface area contributed by atoms with Crippen LogP contribution in [-0.2, 0) is 16.1 Å². The highest BCUT2D eigenvalue weighted by Crippen LogP contribution is 2.14. The molecule has 100 valence electrons. The molecule has 4 nitrogen and oxygen atoms in total. The predicted molar refractivity (Wildman–Crippen MR) is 75.5 cm³/mol. The Morgan fingerprint density at radius 1 is 1.50 bits per heavy atom. The summed E-state index contributed by atoms with van der Waals surface area (Å²) >= 11 is 4.95. The minimum atomic E-state index is -0.166. The van der Waals surface area contributed by atoms with Crippen molar-refractivity contribution in [2.45, 2.75) is 32.5 Å². The van der Waals surface area contributed by atoms with Gasteiger partial charge in [-0.15, -0.1) is 0 Å². The number of ether oxygens (including phenoxy) is 2. The summed E-state index contributed by atoms with van der Waals surface area (Å²) < 4.78 is 10.9. The summed E-state index contributed by atoms with van der Waals surface area (Å²) in [6.45, 7) is 5.13. The first-order valence-electron chi connectivity index (χ1n) is 5.83. The minimum absolute atomic E-state index is 0.166. The van der Waals surface area contributed by atoms with Gasteiger partial charge < -0.3 is 15.2 Å². The van der Waals surface area contributed by atoms with Gasteiger partial charge in [0, 0.05) is 25.5 Å². The number of thiocarbonyl (C=S) groups is 1. The average Bonchev–Trinajstić information content (AvgIpc) is 2.35. The van der Waals surface area contributed by atoms with Crippen LogP contribution in [0.2, 0.25) is 0 Å². The van der Waals surface area contributed by atoms with Crippen molar-refractivity contribution in [3.8, 4) is 0 Å². The molecule has 0 aromatic carbocycles. The molecule has 0 saturated carbocycles. The molecule has 0 fully saturated rings. The van der Waals surface area contributed by atoms with Crippen LogP contribution in [0.25, 0.3) is 0 Å². The second kappa shape index (κ2) is 6.78. The van der Waals surface area contributed by atoms with Crippen LogP contribution in [0.3, 0.4) is 0 Å². The van der Waals surface area contributed by atoms with Crippen LogP contribution in [0.15, 0.2) is 18.3 Å². The molecule has 2 N–H and O–H groups in total. The molecular weight excluding hydrogens is 248 g/mol. The number of rotatable bonds is 7. The van der Waals surface area contributed by atoms with Crippen LogP contribution in [0, 0.1) is 0 Å². The zero-order chi connectivity index (χ0) is 13.6. The molecule has 1 rings (SSSR count). The molecule has 1 aromatic rings. The Kier molecular flexibility index (Phi) is 5.65. The summed E-state index contributed by atoms with van der Waals surface area (Å²) in [4.78, 5) is 4.45. The second-order valence-electron chi connectivity index (χ2n) is 4.64. The molecule has 0 aliphatic rings. The Balaban J connectivity index is 2.47. The number of hydrogen-bond acceptors (Lipinski definition) is 4. The van der Waals surface area contributed by atoms with E-state index in [0.717, 1.165) is 12.0 Å². The van der Waals surface area contributed by atoms with E-state index in [0.29, 0.717) is 23.9 Å². The molecular formula is C13H20N2O2S. The molecule has 0 unspecified atom stereocenters. The fourth-order valence-electron chi connectivity index (χ4n) is 1.38. The molecule has 0 bridgehead atoms. The molecule has 0 saturated heterocycles. The Labute approximate surface area is 113 Å². The summed E-state index contributed by atoms with van der Waals surface area (Å²) in [7, 11) is 1.70. The molecule has 1 heterocycles. The van der Waals surface area contributed by atoms with Gasteiger partial charge in [-0.25, -0.2) is 0 Å². The number of methoxy groups -OCH3 is 1. The summed E-state index contributed by atoms with van der Waals surface area (Å²) in [5, 5.41) is 0. The molecule has 0 atom stereocenters. The van der Waals surface area contributed by atoms with E-state index in [2.05, 4.69) is 4.98 Å². The zero-order valence-corrected chi connectivity index (χ0v) is 11.9. The monoisotopic (exact) mass is 268 g/mol. The molecule has 0 spiro atoms. The lowest BCUT2D eigenvalue weighted by Gasteiger charge is -2.22. The van der Waals surface area contributed by atoms with Crippen molar-refractivity contribution in [1.82, 2.24) is 4.98 Å². The first kappa shape index (κ1) is 15.0. The highest BCUT2D eigenvalue weighted by molar-refractivity contribution is 7.80. The third-order valence-corrected chi connectivity index (χ3v) is 2.98. The van der Waals surface area contributed by atoms with E-state index in [4.69, 9.17) is 27.4 Å². The fraction of sp³-hybridized carbons (Fsp3) is 0.538. The van der Waals surface area contributed by atoms with E-state index in [1.807, 2.05) is 26.0 Å². The molecule has 1 aromatic heterocycles. The van der Waals surface area contributed by atoms with Gasteiger partial charge in [0.05, 0.1) is 12.2 Å². The molecule has 5 heteroatoms. The van der Waals surface area contributed by atoms with E-state index in [1.165, 1.54) is 0 Å². The van der Waals surface area contributed by atoms with E-state index in [9.17, 15) is 0 Å². The SMILES string of the molecule is COC(C)(C)CCOCc1cccnc1C(N)=S. The Bertz CT molecular complexity index is 408. The Morgan fingerprint density at radius 2 is 2.22 bits per heavy atom. The van der Waals surface area contributed by atoms with Gasteiger partial charge in [0.25, 0.3) is 0 Å². The van der Waals surface area contributed by atoms with Gasteiger partial charge in [0.2, 0.25) is 0 Å². The normalized spacial score (nSPS) is 11.5. The van der Waals surface area contributed by atoms with Crippen molar-refractivity contribution in [1.29, 1.82) is 0 Å². The van der Waals surface area contributed by atoms with E-state index in [-0.39, 0.29) is 5.60 Å². The van der Waals surface area contributed by atoms with Crippen molar-refractivity contribution in [2.24, 2.45) is 5.73 Å². The number of nitrogens with zero attached hydrogens (tertiary/aromatic N) is 1. The van der Waals surface area contributed by atoms with Gasteiger partial charge >= 0.3 is 0 Å². The van der Waals surface area contributed by atoms with Gasteiger partial charge in [-0.1, -0.05) is 18.3 Å². The van der Waals surface area contributed by atoms with Crippen molar-refractivity contribution in [2.75, 3.05) is 13.7 Å². The van der Waals surface area contributed by atoms with Crippen molar-refractivity contribution in [3.63, 3.8) is 0 Å². The van der Waals surface area contributed by atoms with Gasteiger partial charge in [-0.2, -0.15) is 0 Å². The van der Waals surface area contributed by atoms with E-state index in [1.54, 1.807) is 13.3 Å². The zero-order valence-electron chi connectivity index (χ0n) is 11.1. The van der Waals surface area contributed by atoms with E-state index >= 15 is 0 Å². The van der Waals surface area contributed by atoms with Crippen molar-refractivity contribution < 1.29 is 9.47 Å². The van der Waals surface area contributed by atoms with Crippen molar-refractivity contribution in [3.05, 3.63) is 29.6 Å². The number of pyridine rings is 1. The van der Waals surface area contributed by atoms with Gasteiger partial charge in [0.1, 0.15) is 10.7 Å². The van der Waals surface area contributed by atoms with Crippen LogP contribution in [0.1, 0.15) is 31.5 Å². The number of hydrogen-bond donors (Lipinski definition) is 1. The maximum Gasteiger partial charge on any atom is 0.123 e. The van der Waals surface area contributed by atoms with Crippen LogP contribution < -0.4 is 5.73 Å². The van der Waals surface area contributed by atoms with Crippen LogP contribution in [0.4, 0.5) is 0 Å². The molecule has 0 radical (unpaired) electrons. The van der Waals surface area contributed by atoms with Crippen LogP contribution in [-0.4, -0.2) is 29.3 Å². The lowest BCUT2D eigenvalue weighted by Crippen LogP contribution is -2.24. The Morgan fingerprint density at radius 3 is 2.83 bits per heavy atom. The summed E-state index contributed by atoms with van der Waals surface area (Å²) in [6, 6.07) is 3.77. The summed E-state index contributed by atoms with van der Waals surface area (Å²) in [5.41, 5.74) is 6.99. The van der Waals surface area contributed by atoms with Gasteiger partial charge in [-0.3, -0.25) is 4.98 Å². The third-order valence-electron chi connectivity index (χ3n) is 2.78. The van der Waals surface area contributed by atoms with Crippen LogP contribution in [0.5, 0.6) is 0 Å². The lowest BCUT2D eigenvalue weighted by molar-refractivity contribution is -0.0124. The minimum Gasteiger partial charge on any atom is -0.388 e. The molecule has 0 aliphatic carbocycles. The number of nitrogens with two attached hydrogens (primary N) is 1. The molecule has 0 aliphatic heterocycles. The highest BCUT2D eigenvalue weighted by atomic mass is 32.1. The maximum atomic E-state index is 5.61. The quantitative estimate of drug-likeness (QED) is 0.606. The lowest BCUT2D eigenvalue weighted by atomic mass is 10.1. The van der Waals surface area contributed by atoms with Crippen LogP contribution >= 0.6 is 12.2 Å². The standard InChI is InChI=1S/C13H20N2O2S/c1-13(2,16-3)6-8-17-9-10-5-4-7-15-11(10)12(14)18/h4-5,7H,6,8-9H2,1-3H3,(H2,14,18). The average molecular weight is 268 g/mol. The maximum absolute atomic E-state index is 5.61. The molecule has 18 heavy (non-hydrogen) atoms. The highest BCUT2D eigenvalue weighted by Gasteiger charge is 2.15. The van der Waals surface area contributed by atoms with Crippen molar-refractivity contribution >= 4 is 17.2 Å².